The molecule has 3 nitrogen and oxygen atoms in total. The van der Waals surface area contributed by atoms with E-state index < -0.39 is 0 Å². The van der Waals surface area contributed by atoms with Crippen LogP contribution >= 0.6 is 0 Å². The smallest absolute Gasteiger partial charge is 0.152 e. The fraction of sp³-hybridized carbons (Fsp3) is 0.250. The van der Waals surface area contributed by atoms with Crippen LogP contribution in [0.1, 0.15) is 43.0 Å². The summed E-state index contributed by atoms with van der Waals surface area (Å²) in [4.78, 5) is 16.3. The quantitative estimate of drug-likeness (QED) is 0.787. The first kappa shape index (κ1) is 17.5. The molecule has 0 aliphatic heterocycles. The van der Waals surface area contributed by atoms with Crippen LogP contribution in [-0.2, 0) is 17.8 Å². The zero-order valence-corrected chi connectivity index (χ0v) is 15.6. The molecule has 1 aromatic carbocycles. The maximum Gasteiger partial charge on any atom is 0.152 e. The van der Waals surface area contributed by atoms with Crippen LogP contribution in [0.25, 0.3) is 17.7 Å². The summed E-state index contributed by atoms with van der Waals surface area (Å²) in [6.07, 6.45) is 14.1. The minimum atomic E-state index is 0.0980. The summed E-state index contributed by atoms with van der Waals surface area (Å²) >= 11 is 0. The standard InChI is InChI=1S/C24H23NO2/c1-17(26)15-19-8-5-10-22-21(19)9-6-12-24(22)27-16-20-14-13-18-7-3-2-4-11-23(18)25-20/h2-3,6-7,9,11-15H,4-5,8,10,16H2,1H3/b19-15+. The Morgan fingerprint density at radius 1 is 1.22 bits per heavy atom. The van der Waals surface area contributed by atoms with E-state index in [4.69, 9.17) is 9.72 Å². The van der Waals surface area contributed by atoms with Crippen LogP contribution in [0.5, 0.6) is 5.75 Å². The number of ether oxygens (including phenoxy) is 1. The molecule has 3 heteroatoms. The van der Waals surface area contributed by atoms with Crippen molar-refractivity contribution in [3.8, 4) is 5.75 Å². The Kier molecular flexibility index (Phi) is 5.01. The zero-order chi connectivity index (χ0) is 18.6. The minimum Gasteiger partial charge on any atom is -0.487 e. The number of ketones is 1. The Labute approximate surface area is 159 Å². The lowest BCUT2D eigenvalue weighted by Crippen LogP contribution is -2.28. The summed E-state index contributed by atoms with van der Waals surface area (Å²) in [5, 5.41) is 2.16. The number of carbonyl (C=O) groups excluding carboxylic acids is 1. The number of hydrogen-bond donors (Lipinski definition) is 0. The maximum absolute atomic E-state index is 11.5. The average molecular weight is 357 g/mol. The van der Waals surface area contributed by atoms with E-state index in [0.29, 0.717) is 6.61 Å². The van der Waals surface area contributed by atoms with Crippen molar-refractivity contribution in [3.63, 3.8) is 0 Å². The second-order valence-electron chi connectivity index (χ2n) is 7.02. The number of nitrogens with zero attached hydrogens (tertiary/aromatic N) is 1. The lowest BCUT2D eigenvalue weighted by molar-refractivity contribution is -0.112. The minimum absolute atomic E-state index is 0.0980. The van der Waals surface area contributed by atoms with Gasteiger partial charge < -0.3 is 4.74 Å². The van der Waals surface area contributed by atoms with E-state index in [9.17, 15) is 4.79 Å². The number of hydrogen-bond acceptors (Lipinski definition) is 3. The molecular formula is C24H23NO2. The molecule has 4 rings (SSSR count). The molecule has 0 unspecified atom stereocenters. The number of allylic oxidation sites excluding steroid dienone is 4. The third-order valence-electron chi connectivity index (χ3n) is 4.98. The van der Waals surface area contributed by atoms with E-state index in [1.165, 1.54) is 5.56 Å². The van der Waals surface area contributed by atoms with Gasteiger partial charge >= 0.3 is 0 Å². The molecule has 136 valence electrons. The number of carbonyl (C=O) groups is 1. The molecule has 2 aliphatic rings. The van der Waals surface area contributed by atoms with E-state index >= 15 is 0 Å². The van der Waals surface area contributed by atoms with Crippen LogP contribution in [0.3, 0.4) is 0 Å². The predicted octanol–water partition coefficient (Wildman–Crippen LogP) is 3.49. The first-order chi connectivity index (χ1) is 13.2. The molecule has 0 saturated heterocycles. The number of fused-ring (bicyclic) bond motifs is 2. The second kappa shape index (κ2) is 7.75. The molecule has 0 radical (unpaired) electrons. The molecule has 27 heavy (non-hydrogen) atoms. The summed E-state index contributed by atoms with van der Waals surface area (Å²) in [5.74, 6) is 0.997. The largest absolute Gasteiger partial charge is 0.487 e. The second-order valence-corrected chi connectivity index (χ2v) is 7.02. The fourth-order valence-electron chi connectivity index (χ4n) is 3.74. The molecule has 0 N–H and O–H groups in total. The highest BCUT2D eigenvalue weighted by Crippen LogP contribution is 2.36. The molecular weight excluding hydrogens is 334 g/mol. The Hall–Kier alpha value is -2.94. The van der Waals surface area contributed by atoms with Gasteiger partial charge in [0, 0.05) is 5.56 Å². The van der Waals surface area contributed by atoms with Crippen molar-refractivity contribution in [2.45, 2.75) is 39.2 Å². The van der Waals surface area contributed by atoms with Gasteiger partial charge in [0.05, 0.1) is 11.0 Å². The van der Waals surface area contributed by atoms with Gasteiger partial charge in [-0.15, -0.1) is 0 Å². The van der Waals surface area contributed by atoms with Crippen LogP contribution < -0.4 is 15.3 Å². The fourth-order valence-corrected chi connectivity index (χ4v) is 3.74. The molecule has 2 aromatic rings. The summed E-state index contributed by atoms with van der Waals surface area (Å²) in [6.45, 7) is 2.05. The van der Waals surface area contributed by atoms with E-state index in [0.717, 1.165) is 58.8 Å². The highest BCUT2D eigenvalue weighted by molar-refractivity contribution is 5.95. The van der Waals surface area contributed by atoms with Gasteiger partial charge in [0.1, 0.15) is 12.4 Å². The van der Waals surface area contributed by atoms with E-state index in [1.807, 2.05) is 18.2 Å². The Balaban J connectivity index is 1.59. The average Bonchev–Trinajstić information content (AvgIpc) is 2.91. The molecule has 0 spiro atoms. The molecule has 0 atom stereocenters. The highest BCUT2D eigenvalue weighted by atomic mass is 16.5. The van der Waals surface area contributed by atoms with Crippen molar-refractivity contribution in [2.24, 2.45) is 0 Å². The zero-order valence-electron chi connectivity index (χ0n) is 15.6. The first-order valence-corrected chi connectivity index (χ1v) is 9.50. The van der Waals surface area contributed by atoms with Crippen LogP contribution in [0.2, 0.25) is 0 Å². The van der Waals surface area contributed by atoms with E-state index in [2.05, 4.69) is 36.4 Å². The lowest BCUT2D eigenvalue weighted by atomic mass is 9.86. The van der Waals surface area contributed by atoms with Gasteiger partial charge in [-0.05, 0) is 67.2 Å². The molecule has 1 aromatic heterocycles. The Morgan fingerprint density at radius 3 is 3.04 bits per heavy atom. The van der Waals surface area contributed by atoms with Crippen molar-refractivity contribution < 1.29 is 9.53 Å². The summed E-state index contributed by atoms with van der Waals surface area (Å²) < 4.78 is 6.15. The van der Waals surface area contributed by atoms with Crippen molar-refractivity contribution >= 4 is 23.5 Å². The van der Waals surface area contributed by atoms with Crippen LogP contribution in [0.15, 0.2) is 48.6 Å². The monoisotopic (exact) mass is 357 g/mol. The Bertz CT molecular complexity index is 1060. The van der Waals surface area contributed by atoms with Gasteiger partial charge in [0.2, 0.25) is 0 Å². The van der Waals surface area contributed by atoms with Crippen molar-refractivity contribution in [2.75, 3.05) is 0 Å². The van der Waals surface area contributed by atoms with Crippen LogP contribution in [0, 0.1) is 0 Å². The van der Waals surface area contributed by atoms with Gasteiger partial charge in [0.25, 0.3) is 0 Å². The number of rotatable bonds is 4. The van der Waals surface area contributed by atoms with Crippen LogP contribution in [0.4, 0.5) is 0 Å². The number of benzene rings is 1. The van der Waals surface area contributed by atoms with Gasteiger partial charge in [-0.2, -0.15) is 0 Å². The third kappa shape index (κ3) is 3.92. The first-order valence-electron chi connectivity index (χ1n) is 9.50. The van der Waals surface area contributed by atoms with Crippen molar-refractivity contribution in [1.82, 2.24) is 4.98 Å². The number of aromatic nitrogens is 1. The SMILES string of the molecule is CC(=O)/C=C1\CCCc2c(OCc3ccc4c(n3)=CCC=CC=4)cccc21. The normalized spacial score (nSPS) is 16.6. The van der Waals surface area contributed by atoms with Crippen LogP contribution in [-0.4, -0.2) is 10.8 Å². The topological polar surface area (TPSA) is 39.2 Å². The predicted molar refractivity (Wildman–Crippen MR) is 109 cm³/mol. The molecule has 0 fully saturated rings. The van der Waals surface area contributed by atoms with Crippen molar-refractivity contribution in [3.05, 3.63) is 75.9 Å². The third-order valence-corrected chi connectivity index (χ3v) is 4.98. The molecule has 2 aliphatic carbocycles. The van der Waals surface area contributed by atoms with E-state index in [-0.39, 0.29) is 5.78 Å². The number of pyridine rings is 1. The summed E-state index contributed by atoms with van der Waals surface area (Å²) in [7, 11) is 0. The summed E-state index contributed by atoms with van der Waals surface area (Å²) in [6, 6.07) is 10.2. The molecule has 0 saturated carbocycles. The van der Waals surface area contributed by atoms with Gasteiger partial charge in [-0.1, -0.05) is 42.5 Å². The van der Waals surface area contributed by atoms with E-state index in [1.54, 1.807) is 13.0 Å². The summed E-state index contributed by atoms with van der Waals surface area (Å²) in [5.41, 5.74) is 4.40. The van der Waals surface area contributed by atoms with Crippen molar-refractivity contribution in [1.29, 1.82) is 0 Å². The maximum atomic E-state index is 11.5. The molecule has 1 heterocycles. The van der Waals surface area contributed by atoms with Gasteiger partial charge in [0.15, 0.2) is 5.78 Å². The van der Waals surface area contributed by atoms with Gasteiger partial charge in [-0.25, -0.2) is 4.98 Å². The van der Waals surface area contributed by atoms with Gasteiger partial charge in [-0.3, -0.25) is 4.79 Å². The highest BCUT2D eigenvalue weighted by Gasteiger charge is 2.18. The lowest BCUT2D eigenvalue weighted by Gasteiger charge is -2.22. The molecule has 0 bridgehead atoms. The molecule has 0 amide bonds. The Morgan fingerprint density at radius 2 is 2.15 bits per heavy atom.